The summed E-state index contributed by atoms with van der Waals surface area (Å²) in [4.78, 5) is 23.2. The Morgan fingerprint density at radius 3 is 2.57 bits per heavy atom. The lowest BCUT2D eigenvalue weighted by Gasteiger charge is -2.55. The molecule has 1 aromatic rings. The van der Waals surface area contributed by atoms with Crippen LogP contribution in [-0.4, -0.2) is 35.5 Å². The van der Waals surface area contributed by atoms with Gasteiger partial charge in [0.05, 0.1) is 23.2 Å². The third kappa shape index (κ3) is 4.13. The van der Waals surface area contributed by atoms with Gasteiger partial charge in [-0.05, 0) is 79.7 Å². The number of rotatable bonds is 3. The number of benzene rings is 1. The van der Waals surface area contributed by atoms with E-state index in [9.17, 15) is 14.9 Å². The van der Waals surface area contributed by atoms with Crippen LogP contribution < -0.4 is 0 Å². The summed E-state index contributed by atoms with van der Waals surface area (Å²) in [6, 6.07) is 5.65. The minimum atomic E-state index is -0.465. The van der Waals surface area contributed by atoms with Gasteiger partial charge in [-0.1, -0.05) is 32.9 Å². The smallest absolute Gasteiger partial charge is 0.338 e. The van der Waals surface area contributed by atoms with Crippen LogP contribution in [-0.2, 0) is 14.2 Å². The standard InChI is InChI=1S/C30H39NO6/c1-18-12-15-30(35-17-18)19(2)24-10-11-26-25(27(24)37-30)9-6-21-16-23(13-14-29(21,26)3)36-28(32)20-4-7-22(8-5-20)31(33)34/h4-9,18-19,21,23-27H,10-17H2,1-3H3/t18-,19-,21+,23+,24+,25+,26-,27-,29+,30+/m1/s1. The number of nitro benzene ring substituents is 1. The molecular weight excluding hydrogens is 470 g/mol. The highest BCUT2D eigenvalue weighted by molar-refractivity contribution is 5.89. The minimum absolute atomic E-state index is 0.0298. The molecule has 7 heteroatoms. The van der Waals surface area contributed by atoms with Crippen LogP contribution in [0.1, 0.15) is 76.1 Å². The number of hydrogen-bond acceptors (Lipinski definition) is 6. The fraction of sp³-hybridized carbons (Fsp3) is 0.700. The summed E-state index contributed by atoms with van der Waals surface area (Å²) in [7, 11) is 0. The van der Waals surface area contributed by atoms with E-state index in [0.717, 1.165) is 32.3 Å². The van der Waals surface area contributed by atoms with E-state index in [-0.39, 0.29) is 23.3 Å². The lowest BCUT2D eigenvalue weighted by molar-refractivity contribution is -0.384. The van der Waals surface area contributed by atoms with Crippen LogP contribution >= 0.6 is 0 Å². The van der Waals surface area contributed by atoms with Crippen LogP contribution in [0.3, 0.4) is 0 Å². The topological polar surface area (TPSA) is 87.9 Å². The third-order valence-corrected chi connectivity index (χ3v) is 10.7. The molecule has 37 heavy (non-hydrogen) atoms. The molecule has 3 aliphatic carbocycles. The molecular formula is C30H39NO6. The number of fused-ring (bicyclic) bond motifs is 5. The fourth-order valence-electron chi connectivity index (χ4n) is 8.35. The van der Waals surface area contributed by atoms with E-state index < -0.39 is 16.7 Å². The molecule has 5 aliphatic rings. The Labute approximate surface area is 219 Å². The summed E-state index contributed by atoms with van der Waals surface area (Å²) in [6.45, 7) is 7.86. The van der Waals surface area contributed by atoms with E-state index in [2.05, 4.69) is 32.9 Å². The highest BCUT2D eigenvalue weighted by atomic mass is 16.7. The molecule has 6 rings (SSSR count). The monoisotopic (exact) mass is 509 g/mol. The first kappa shape index (κ1) is 25.1. The highest BCUT2D eigenvalue weighted by Crippen LogP contribution is 2.62. The molecule has 0 aromatic heterocycles. The maximum atomic E-state index is 12.7. The number of nitro groups is 1. The van der Waals surface area contributed by atoms with Crippen LogP contribution in [0.2, 0.25) is 0 Å². The Balaban J connectivity index is 1.14. The van der Waals surface area contributed by atoms with Crippen molar-refractivity contribution in [3.8, 4) is 0 Å². The largest absolute Gasteiger partial charge is 0.459 e. The second-order valence-corrected chi connectivity index (χ2v) is 12.7. The number of non-ortho nitro benzene ring substituents is 1. The van der Waals surface area contributed by atoms with Gasteiger partial charge < -0.3 is 14.2 Å². The van der Waals surface area contributed by atoms with Gasteiger partial charge in [-0.25, -0.2) is 4.79 Å². The summed E-state index contributed by atoms with van der Waals surface area (Å²) in [5, 5.41) is 10.9. The van der Waals surface area contributed by atoms with E-state index in [1.165, 1.54) is 43.5 Å². The highest BCUT2D eigenvalue weighted by Gasteiger charge is 2.61. The number of hydrogen-bond donors (Lipinski definition) is 0. The van der Waals surface area contributed by atoms with E-state index in [4.69, 9.17) is 14.2 Å². The van der Waals surface area contributed by atoms with Gasteiger partial charge in [0.2, 0.25) is 0 Å². The first-order chi connectivity index (χ1) is 17.7. The van der Waals surface area contributed by atoms with E-state index in [1.54, 1.807) is 0 Å². The quantitative estimate of drug-likeness (QED) is 0.205. The zero-order valence-corrected chi connectivity index (χ0v) is 22.1. The zero-order chi connectivity index (χ0) is 25.9. The first-order valence-electron chi connectivity index (χ1n) is 14.2. The lowest BCUT2D eigenvalue weighted by Crippen LogP contribution is -2.52. The fourth-order valence-corrected chi connectivity index (χ4v) is 8.35. The van der Waals surface area contributed by atoms with Crippen LogP contribution in [0.15, 0.2) is 36.4 Å². The maximum absolute atomic E-state index is 12.7. The number of nitrogens with zero attached hydrogens (tertiary/aromatic N) is 1. The van der Waals surface area contributed by atoms with Crippen molar-refractivity contribution in [2.45, 2.75) is 83.7 Å². The summed E-state index contributed by atoms with van der Waals surface area (Å²) < 4.78 is 19.2. The number of carbonyl (C=O) groups excluding carboxylic acids is 1. The van der Waals surface area contributed by atoms with Gasteiger partial charge in [0.1, 0.15) is 6.10 Å². The molecule has 7 nitrogen and oxygen atoms in total. The molecule has 2 aliphatic heterocycles. The van der Waals surface area contributed by atoms with Crippen molar-refractivity contribution < 1.29 is 23.9 Å². The second-order valence-electron chi connectivity index (χ2n) is 12.7. The lowest BCUT2D eigenvalue weighted by atomic mass is 9.50. The normalized spacial score (nSPS) is 44.5. The van der Waals surface area contributed by atoms with E-state index >= 15 is 0 Å². The molecule has 0 unspecified atom stereocenters. The molecule has 1 aromatic carbocycles. The van der Waals surface area contributed by atoms with Crippen molar-refractivity contribution in [1.82, 2.24) is 0 Å². The van der Waals surface area contributed by atoms with Crippen molar-refractivity contribution in [3.05, 3.63) is 52.1 Å². The Morgan fingerprint density at radius 2 is 1.86 bits per heavy atom. The summed E-state index contributed by atoms with van der Waals surface area (Å²) >= 11 is 0. The maximum Gasteiger partial charge on any atom is 0.338 e. The van der Waals surface area contributed by atoms with Crippen LogP contribution in [0.4, 0.5) is 5.69 Å². The second kappa shape index (κ2) is 9.19. The molecule has 0 bridgehead atoms. The van der Waals surface area contributed by atoms with Crippen molar-refractivity contribution >= 4 is 11.7 Å². The van der Waals surface area contributed by atoms with Gasteiger partial charge in [-0.3, -0.25) is 10.1 Å². The van der Waals surface area contributed by atoms with Crippen molar-refractivity contribution in [1.29, 1.82) is 0 Å². The Bertz CT molecular complexity index is 1080. The van der Waals surface area contributed by atoms with Gasteiger partial charge >= 0.3 is 5.97 Å². The molecule has 2 saturated carbocycles. The molecule has 10 atom stereocenters. The van der Waals surface area contributed by atoms with Gasteiger partial charge in [-0.2, -0.15) is 0 Å². The van der Waals surface area contributed by atoms with Crippen LogP contribution in [0, 0.1) is 51.0 Å². The SMILES string of the molecule is C[C@@H]1CC[C@]2(OC1)O[C@H]1[C@H]3C=C[C@H]4C[C@@H](OC(=O)c5ccc([N+](=O)[O-])cc5)CC[C@]4(C)[C@@H]3CC[C@H]1[C@H]2C. The van der Waals surface area contributed by atoms with Gasteiger partial charge in [-0.15, -0.1) is 0 Å². The average molecular weight is 510 g/mol. The number of esters is 1. The number of ether oxygens (including phenoxy) is 3. The molecule has 0 radical (unpaired) electrons. The Kier molecular flexibility index (Phi) is 6.22. The number of carbonyl (C=O) groups is 1. The van der Waals surface area contributed by atoms with Crippen LogP contribution in [0.5, 0.6) is 0 Å². The number of allylic oxidation sites excluding steroid dienone is 1. The summed E-state index contributed by atoms with van der Waals surface area (Å²) in [6.07, 6.45) is 12.2. The molecule has 2 saturated heterocycles. The summed E-state index contributed by atoms with van der Waals surface area (Å²) in [5.41, 5.74) is 0.500. The van der Waals surface area contributed by atoms with E-state index in [0.29, 0.717) is 41.1 Å². The van der Waals surface area contributed by atoms with E-state index in [1.807, 2.05) is 0 Å². The van der Waals surface area contributed by atoms with Gasteiger partial charge in [0.25, 0.3) is 5.69 Å². The molecule has 0 N–H and O–H groups in total. The predicted octanol–water partition coefficient (Wildman–Crippen LogP) is 6.32. The molecule has 1 spiro atoms. The molecule has 4 fully saturated rings. The minimum Gasteiger partial charge on any atom is -0.459 e. The predicted molar refractivity (Wildman–Crippen MR) is 138 cm³/mol. The zero-order valence-electron chi connectivity index (χ0n) is 22.1. The summed E-state index contributed by atoms with van der Waals surface area (Å²) in [5.74, 6) is 2.15. The van der Waals surface area contributed by atoms with Crippen molar-refractivity contribution in [2.24, 2.45) is 40.9 Å². The van der Waals surface area contributed by atoms with Crippen LogP contribution in [0.25, 0.3) is 0 Å². The molecule has 2 heterocycles. The van der Waals surface area contributed by atoms with Crippen molar-refractivity contribution in [3.63, 3.8) is 0 Å². The third-order valence-electron chi connectivity index (χ3n) is 10.7. The molecule has 200 valence electrons. The molecule has 0 amide bonds. The first-order valence-corrected chi connectivity index (χ1v) is 14.2. The Morgan fingerprint density at radius 1 is 1.08 bits per heavy atom. The van der Waals surface area contributed by atoms with Gasteiger partial charge in [0.15, 0.2) is 5.79 Å². The Hall–Kier alpha value is -2.25. The van der Waals surface area contributed by atoms with Crippen molar-refractivity contribution in [2.75, 3.05) is 6.61 Å². The average Bonchev–Trinajstić information content (AvgIpc) is 3.17. The van der Waals surface area contributed by atoms with Gasteiger partial charge in [0, 0.05) is 30.4 Å².